The monoisotopic (exact) mass is 516 g/mol. The Labute approximate surface area is 222 Å². The highest BCUT2D eigenvalue weighted by Crippen LogP contribution is 2.67. The van der Waals surface area contributed by atoms with Gasteiger partial charge in [0.1, 0.15) is 17.9 Å². The number of hydrogen-bond donors (Lipinski definition) is 2. The van der Waals surface area contributed by atoms with Crippen molar-refractivity contribution in [3.8, 4) is 0 Å². The van der Waals surface area contributed by atoms with E-state index in [2.05, 4.69) is 19.2 Å². The quantitative estimate of drug-likeness (QED) is 0.459. The van der Waals surface area contributed by atoms with Crippen LogP contribution in [0.1, 0.15) is 105 Å². The topological polar surface area (TPSA) is 116 Å². The molecule has 4 rings (SSSR count). The molecular formula is C30H48N2O5. The summed E-state index contributed by atoms with van der Waals surface area (Å²) in [7, 11) is 0. The van der Waals surface area contributed by atoms with E-state index in [1.807, 2.05) is 13.8 Å². The Morgan fingerprint density at radius 2 is 1.59 bits per heavy atom. The SMILES string of the molecule is CC(=O)[C@H]1CC[C@H]2[C@@H]3CC[C@H]4C[C@H](OC(=O)[C@@H](NC(=O)CCC(N)=O)C(C)C)CC[C@]4(C)[C@H]3CC[C@]12C. The summed E-state index contributed by atoms with van der Waals surface area (Å²) in [4.78, 5) is 48.7. The van der Waals surface area contributed by atoms with E-state index in [4.69, 9.17) is 10.5 Å². The van der Waals surface area contributed by atoms with Gasteiger partial charge in [-0.25, -0.2) is 4.79 Å². The molecule has 7 nitrogen and oxygen atoms in total. The van der Waals surface area contributed by atoms with Gasteiger partial charge in [0.25, 0.3) is 0 Å². The lowest BCUT2D eigenvalue weighted by Gasteiger charge is -2.61. The Morgan fingerprint density at radius 1 is 0.919 bits per heavy atom. The van der Waals surface area contributed by atoms with Crippen molar-refractivity contribution in [2.45, 2.75) is 117 Å². The summed E-state index contributed by atoms with van der Waals surface area (Å²) in [5, 5.41) is 2.75. The highest BCUT2D eigenvalue weighted by Gasteiger charge is 2.61. The average Bonchev–Trinajstić information content (AvgIpc) is 3.18. The molecule has 4 aliphatic carbocycles. The summed E-state index contributed by atoms with van der Waals surface area (Å²) in [5.41, 5.74) is 5.59. The first-order valence-electron chi connectivity index (χ1n) is 14.7. The number of carbonyl (C=O) groups is 4. The van der Waals surface area contributed by atoms with Crippen LogP contribution in [-0.4, -0.2) is 35.7 Å². The molecule has 0 radical (unpaired) electrons. The second kappa shape index (κ2) is 10.7. The molecule has 0 heterocycles. The molecule has 0 aromatic heterocycles. The number of amides is 2. The predicted octanol–water partition coefficient (Wildman–Crippen LogP) is 4.55. The van der Waals surface area contributed by atoms with E-state index < -0.39 is 11.9 Å². The first-order valence-corrected chi connectivity index (χ1v) is 14.7. The number of Topliss-reactive ketones (excluding diaryl/α,β-unsaturated/α-hetero) is 1. The first-order chi connectivity index (χ1) is 17.4. The molecule has 4 saturated carbocycles. The van der Waals surface area contributed by atoms with Gasteiger partial charge >= 0.3 is 5.97 Å². The predicted molar refractivity (Wildman–Crippen MR) is 141 cm³/mol. The molecule has 3 N–H and O–H groups in total. The number of esters is 1. The standard InChI is InChI=1S/C30H48N2O5/c1-17(2)27(32-26(35)11-10-25(31)34)28(36)37-20-12-14-29(4)19(16-20)6-7-21-23-9-8-22(18(3)33)30(23,5)15-13-24(21)29/h17,19-24,27H,6-16H2,1-5H3,(H2,31,34)(H,32,35)/t19-,20+,21-,22+,23-,24-,27-,29-,30+/m0/s1. The largest absolute Gasteiger partial charge is 0.461 e. The highest BCUT2D eigenvalue weighted by molar-refractivity contribution is 5.87. The molecule has 37 heavy (non-hydrogen) atoms. The van der Waals surface area contributed by atoms with Crippen LogP contribution in [0.5, 0.6) is 0 Å². The van der Waals surface area contributed by atoms with Crippen LogP contribution < -0.4 is 11.1 Å². The molecule has 0 aliphatic heterocycles. The van der Waals surface area contributed by atoms with Gasteiger partial charge in [-0.3, -0.25) is 14.4 Å². The van der Waals surface area contributed by atoms with E-state index in [-0.39, 0.29) is 53.5 Å². The summed E-state index contributed by atoms with van der Waals surface area (Å²) in [6.45, 7) is 10.5. The number of carbonyl (C=O) groups excluding carboxylic acids is 4. The van der Waals surface area contributed by atoms with Crippen LogP contribution in [0.3, 0.4) is 0 Å². The molecule has 4 aliphatic rings. The fraction of sp³-hybridized carbons (Fsp3) is 0.867. The molecule has 7 heteroatoms. The second-order valence-corrected chi connectivity index (χ2v) is 13.5. The summed E-state index contributed by atoms with van der Waals surface area (Å²) in [6, 6.07) is -0.725. The fourth-order valence-corrected chi connectivity index (χ4v) is 9.21. The third-order valence-corrected chi connectivity index (χ3v) is 11.2. The number of ketones is 1. The maximum Gasteiger partial charge on any atom is 0.329 e. The van der Waals surface area contributed by atoms with Gasteiger partial charge in [0.2, 0.25) is 11.8 Å². The number of nitrogens with one attached hydrogen (secondary N) is 1. The van der Waals surface area contributed by atoms with Gasteiger partial charge in [0.15, 0.2) is 0 Å². The molecule has 0 aromatic carbocycles. The van der Waals surface area contributed by atoms with Gasteiger partial charge < -0.3 is 15.8 Å². The van der Waals surface area contributed by atoms with E-state index in [0.717, 1.165) is 32.1 Å². The van der Waals surface area contributed by atoms with Gasteiger partial charge in [-0.15, -0.1) is 0 Å². The molecule has 0 bridgehead atoms. The van der Waals surface area contributed by atoms with Crippen LogP contribution >= 0.6 is 0 Å². The summed E-state index contributed by atoms with van der Waals surface area (Å²) >= 11 is 0. The zero-order valence-electron chi connectivity index (χ0n) is 23.5. The van der Waals surface area contributed by atoms with Crippen LogP contribution in [0.2, 0.25) is 0 Å². The third kappa shape index (κ3) is 5.34. The van der Waals surface area contributed by atoms with Gasteiger partial charge in [0.05, 0.1) is 0 Å². The Kier molecular flexibility index (Phi) is 8.11. The van der Waals surface area contributed by atoms with E-state index in [9.17, 15) is 19.2 Å². The summed E-state index contributed by atoms with van der Waals surface area (Å²) in [5.74, 6) is 1.86. The Balaban J connectivity index is 1.37. The summed E-state index contributed by atoms with van der Waals surface area (Å²) < 4.78 is 6.01. The van der Waals surface area contributed by atoms with Crippen molar-refractivity contribution in [1.29, 1.82) is 0 Å². The summed E-state index contributed by atoms with van der Waals surface area (Å²) in [6.07, 6.45) is 9.67. The zero-order chi connectivity index (χ0) is 27.1. The maximum absolute atomic E-state index is 13.1. The van der Waals surface area contributed by atoms with Crippen molar-refractivity contribution < 1.29 is 23.9 Å². The highest BCUT2D eigenvalue weighted by atomic mass is 16.5. The lowest BCUT2D eigenvalue weighted by Crippen LogP contribution is -2.55. The lowest BCUT2D eigenvalue weighted by molar-refractivity contribution is -0.166. The van der Waals surface area contributed by atoms with Crippen LogP contribution in [0.4, 0.5) is 0 Å². The molecule has 0 saturated heterocycles. The van der Waals surface area contributed by atoms with Crippen molar-refractivity contribution in [3.63, 3.8) is 0 Å². The minimum absolute atomic E-state index is 0.0224. The average molecular weight is 517 g/mol. The van der Waals surface area contributed by atoms with E-state index in [1.54, 1.807) is 6.92 Å². The van der Waals surface area contributed by atoms with E-state index in [0.29, 0.717) is 29.5 Å². The molecular weight excluding hydrogens is 468 g/mol. The number of primary amides is 1. The number of rotatable bonds is 8. The van der Waals surface area contributed by atoms with E-state index in [1.165, 1.54) is 25.7 Å². The number of hydrogen-bond acceptors (Lipinski definition) is 5. The Bertz CT molecular complexity index is 918. The second-order valence-electron chi connectivity index (χ2n) is 13.5. The Hall–Kier alpha value is -1.92. The zero-order valence-corrected chi connectivity index (χ0v) is 23.5. The molecule has 0 spiro atoms. The molecule has 0 unspecified atom stereocenters. The molecule has 9 atom stereocenters. The Morgan fingerprint density at radius 3 is 2.24 bits per heavy atom. The van der Waals surface area contributed by atoms with E-state index >= 15 is 0 Å². The molecule has 0 aromatic rings. The molecule has 2 amide bonds. The number of ether oxygens (including phenoxy) is 1. The first kappa shape index (κ1) is 28.1. The normalized spacial score (nSPS) is 39.6. The maximum atomic E-state index is 13.1. The smallest absolute Gasteiger partial charge is 0.329 e. The van der Waals surface area contributed by atoms with Crippen molar-refractivity contribution in [2.24, 2.45) is 52.1 Å². The van der Waals surface area contributed by atoms with Crippen LogP contribution in [-0.2, 0) is 23.9 Å². The fourth-order valence-electron chi connectivity index (χ4n) is 9.21. The van der Waals surface area contributed by atoms with Gasteiger partial charge in [0, 0.05) is 18.8 Å². The minimum atomic E-state index is -0.725. The van der Waals surface area contributed by atoms with Gasteiger partial charge in [-0.2, -0.15) is 0 Å². The molecule has 4 fully saturated rings. The van der Waals surface area contributed by atoms with Crippen molar-refractivity contribution in [1.82, 2.24) is 5.32 Å². The van der Waals surface area contributed by atoms with Gasteiger partial charge in [-0.05, 0) is 105 Å². The van der Waals surface area contributed by atoms with Crippen molar-refractivity contribution in [3.05, 3.63) is 0 Å². The van der Waals surface area contributed by atoms with Crippen LogP contribution in [0.25, 0.3) is 0 Å². The van der Waals surface area contributed by atoms with Gasteiger partial charge in [-0.1, -0.05) is 27.7 Å². The number of nitrogens with two attached hydrogens (primary N) is 1. The number of fused-ring (bicyclic) bond motifs is 5. The third-order valence-electron chi connectivity index (χ3n) is 11.2. The van der Waals surface area contributed by atoms with Crippen LogP contribution in [0, 0.1) is 46.3 Å². The minimum Gasteiger partial charge on any atom is -0.461 e. The van der Waals surface area contributed by atoms with Crippen molar-refractivity contribution >= 4 is 23.6 Å². The van der Waals surface area contributed by atoms with Crippen LogP contribution in [0.15, 0.2) is 0 Å². The van der Waals surface area contributed by atoms with Crippen molar-refractivity contribution in [2.75, 3.05) is 0 Å². The molecule has 208 valence electrons. The lowest BCUT2D eigenvalue weighted by atomic mass is 9.44.